The van der Waals surface area contributed by atoms with Gasteiger partial charge in [0.05, 0.1) is 5.92 Å². The van der Waals surface area contributed by atoms with Crippen LogP contribution in [0.3, 0.4) is 0 Å². The number of nitrogens with zero attached hydrogens (tertiary/aromatic N) is 3. The molecule has 2 N–H and O–H groups in total. The Bertz CT molecular complexity index is 839. The fourth-order valence-electron chi connectivity index (χ4n) is 4.29. The number of aromatic nitrogens is 1. The Balaban J connectivity index is 0.000000158. The van der Waals surface area contributed by atoms with Crippen molar-refractivity contribution < 1.29 is 14.3 Å². The van der Waals surface area contributed by atoms with Crippen molar-refractivity contribution in [1.82, 2.24) is 9.88 Å². The Kier molecular flexibility index (Phi) is 7.64. The Morgan fingerprint density at radius 2 is 1.97 bits per heavy atom. The Hall–Kier alpha value is -2.32. The zero-order valence-electron chi connectivity index (χ0n) is 18.0. The lowest BCUT2D eigenvalue weighted by atomic mass is 10.1. The summed E-state index contributed by atoms with van der Waals surface area (Å²) >= 11 is 1.60. The van der Waals surface area contributed by atoms with Gasteiger partial charge in [0, 0.05) is 24.7 Å². The van der Waals surface area contributed by atoms with Gasteiger partial charge in [-0.25, -0.2) is 4.98 Å². The number of amides is 1. The van der Waals surface area contributed by atoms with E-state index in [-0.39, 0.29) is 11.8 Å². The molecule has 1 amide bonds. The molecule has 0 spiro atoms. The van der Waals surface area contributed by atoms with Crippen molar-refractivity contribution in [2.45, 2.75) is 32.1 Å². The van der Waals surface area contributed by atoms with Gasteiger partial charge in [-0.3, -0.25) is 4.79 Å². The number of nitrogens with two attached hydrogens (primary N) is 1. The van der Waals surface area contributed by atoms with Gasteiger partial charge in [0.25, 0.3) is 0 Å². The third-order valence-electron chi connectivity index (χ3n) is 6.03. The minimum Gasteiger partial charge on any atom is -0.486 e. The van der Waals surface area contributed by atoms with Crippen LogP contribution < -0.4 is 20.1 Å². The molecule has 1 aromatic carbocycles. The van der Waals surface area contributed by atoms with Gasteiger partial charge in [0.1, 0.15) is 13.2 Å². The molecule has 3 aliphatic rings. The molecule has 5 rings (SSSR count). The Labute approximate surface area is 188 Å². The van der Waals surface area contributed by atoms with E-state index in [4.69, 9.17) is 15.2 Å². The maximum atomic E-state index is 10.9. The average Bonchev–Trinajstić information content (AvgIpc) is 3.56. The van der Waals surface area contributed by atoms with Crippen LogP contribution in [0.4, 0.5) is 5.13 Å². The summed E-state index contributed by atoms with van der Waals surface area (Å²) in [4.78, 5) is 19.8. The second-order valence-electron chi connectivity index (χ2n) is 8.28. The molecule has 2 fully saturated rings. The summed E-state index contributed by atoms with van der Waals surface area (Å²) in [6.07, 6.45) is 7.76. The lowest BCUT2D eigenvalue weighted by Gasteiger charge is -2.19. The van der Waals surface area contributed by atoms with Gasteiger partial charge in [-0.15, -0.1) is 11.3 Å². The van der Waals surface area contributed by atoms with Crippen LogP contribution in [-0.2, 0) is 11.2 Å². The predicted molar refractivity (Wildman–Crippen MR) is 123 cm³/mol. The second-order valence-corrected chi connectivity index (χ2v) is 9.15. The molecule has 1 aromatic heterocycles. The monoisotopic (exact) mass is 444 g/mol. The van der Waals surface area contributed by atoms with E-state index in [0.29, 0.717) is 13.2 Å². The number of thiazole rings is 1. The van der Waals surface area contributed by atoms with E-state index in [1.54, 1.807) is 17.5 Å². The van der Waals surface area contributed by atoms with Crippen molar-refractivity contribution in [1.29, 1.82) is 0 Å². The number of fused-ring (bicyclic) bond motifs is 1. The SMILES string of the molecule is NC(=O)C1CCN(c2nccs2)C1.c1cc2c(cc1CCCN1CCCC1)OCCO2. The first-order valence-corrected chi connectivity index (χ1v) is 12.1. The van der Waals surface area contributed by atoms with E-state index >= 15 is 0 Å². The maximum absolute atomic E-state index is 10.9. The number of ether oxygens (including phenoxy) is 2. The number of rotatable bonds is 6. The van der Waals surface area contributed by atoms with Gasteiger partial charge < -0.3 is 25.0 Å². The van der Waals surface area contributed by atoms with Crippen molar-refractivity contribution in [3.63, 3.8) is 0 Å². The summed E-state index contributed by atoms with van der Waals surface area (Å²) in [6, 6.07) is 6.34. The van der Waals surface area contributed by atoms with E-state index in [9.17, 15) is 4.79 Å². The van der Waals surface area contributed by atoms with Crippen LogP contribution in [-0.4, -0.2) is 61.7 Å². The highest BCUT2D eigenvalue weighted by atomic mass is 32.1. The van der Waals surface area contributed by atoms with E-state index < -0.39 is 0 Å². The summed E-state index contributed by atoms with van der Waals surface area (Å²) in [5, 5.41) is 2.93. The molecule has 31 heavy (non-hydrogen) atoms. The van der Waals surface area contributed by atoms with Gasteiger partial charge in [0.2, 0.25) is 5.91 Å². The van der Waals surface area contributed by atoms with Crippen molar-refractivity contribution >= 4 is 22.4 Å². The third-order valence-corrected chi connectivity index (χ3v) is 6.86. The normalized spacial score (nSPS) is 20.4. The lowest BCUT2D eigenvalue weighted by Crippen LogP contribution is -2.27. The fourth-order valence-corrected chi connectivity index (χ4v) is 4.97. The van der Waals surface area contributed by atoms with Gasteiger partial charge in [0.15, 0.2) is 16.6 Å². The highest BCUT2D eigenvalue weighted by Crippen LogP contribution is 2.31. The number of anilines is 1. The number of benzene rings is 1. The van der Waals surface area contributed by atoms with Gasteiger partial charge >= 0.3 is 0 Å². The molecule has 0 radical (unpaired) electrons. The number of hydrogen-bond donors (Lipinski definition) is 1. The summed E-state index contributed by atoms with van der Waals surface area (Å²) in [5.74, 6) is 1.62. The molecule has 1 unspecified atom stereocenters. The summed E-state index contributed by atoms with van der Waals surface area (Å²) in [6.45, 7) is 6.77. The number of carbonyl (C=O) groups is 1. The highest BCUT2D eigenvalue weighted by Gasteiger charge is 2.27. The molecule has 4 heterocycles. The third kappa shape index (κ3) is 6.11. The first-order chi connectivity index (χ1) is 15.2. The van der Waals surface area contributed by atoms with Crippen molar-refractivity contribution in [3.8, 4) is 11.5 Å². The van der Waals surface area contributed by atoms with Crippen molar-refractivity contribution in [3.05, 3.63) is 35.3 Å². The number of carbonyl (C=O) groups excluding carboxylic acids is 1. The zero-order valence-corrected chi connectivity index (χ0v) is 18.8. The van der Waals surface area contributed by atoms with Gasteiger partial charge in [-0.05, 0) is 69.4 Å². The van der Waals surface area contributed by atoms with Crippen molar-refractivity contribution in [2.75, 3.05) is 50.8 Å². The molecule has 0 bridgehead atoms. The van der Waals surface area contributed by atoms with E-state index in [0.717, 1.165) is 42.6 Å². The molecule has 0 aliphatic carbocycles. The minimum absolute atomic E-state index is 0.00361. The summed E-state index contributed by atoms with van der Waals surface area (Å²) in [5.41, 5.74) is 6.59. The fraction of sp³-hybridized carbons (Fsp3) is 0.565. The predicted octanol–water partition coefficient (Wildman–Crippen LogP) is 2.94. The van der Waals surface area contributed by atoms with Crippen LogP contribution in [0.15, 0.2) is 29.8 Å². The first kappa shape index (κ1) is 21.9. The number of primary amides is 1. The Morgan fingerprint density at radius 3 is 2.68 bits per heavy atom. The summed E-state index contributed by atoms with van der Waals surface area (Å²) < 4.78 is 11.1. The summed E-state index contributed by atoms with van der Waals surface area (Å²) in [7, 11) is 0. The van der Waals surface area contributed by atoms with E-state index in [1.807, 2.05) is 11.4 Å². The molecule has 2 aromatic rings. The van der Waals surface area contributed by atoms with Crippen LogP contribution in [0.5, 0.6) is 11.5 Å². The molecule has 2 saturated heterocycles. The topological polar surface area (TPSA) is 80.9 Å². The maximum Gasteiger partial charge on any atom is 0.222 e. The van der Waals surface area contributed by atoms with Gasteiger partial charge in [-0.2, -0.15) is 0 Å². The molecule has 168 valence electrons. The van der Waals surface area contributed by atoms with Crippen LogP contribution in [0.25, 0.3) is 0 Å². The lowest BCUT2D eigenvalue weighted by molar-refractivity contribution is -0.121. The first-order valence-electron chi connectivity index (χ1n) is 11.2. The largest absolute Gasteiger partial charge is 0.486 e. The van der Waals surface area contributed by atoms with Gasteiger partial charge in [-0.1, -0.05) is 6.07 Å². The van der Waals surface area contributed by atoms with Crippen LogP contribution in [0.1, 0.15) is 31.2 Å². The molecular weight excluding hydrogens is 412 g/mol. The van der Waals surface area contributed by atoms with Crippen molar-refractivity contribution in [2.24, 2.45) is 11.7 Å². The van der Waals surface area contributed by atoms with Crippen LogP contribution in [0, 0.1) is 5.92 Å². The average molecular weight is 445 g/mol. The standard InChI is InChI=1S/C15H21NO2.C8H11N3OS/c1-2-8-16(7-1)9-3-4-13-5-6-14-15(12-13)18-11-10-17-14;9-7(12)6-1-3-11(5-6)8-10-2-4-13-8/h5-6,12H,1-4,7-11H2;2,4,6H,1,3,5H2,(H2,9,12). The quantitative estimate of drug-likeness (QED) is 0.738. The molecule has 1 atom stereocenters. The number of hydrogen-bond acceptors (Lipinski definition) is 7. The number of likely N-dealkylation sites (tertiary alicyclic amines) is 1. The molecule has 3 aliphatic heterocycles. The Morgan fingerprint density at radius 1 is 1.16 bits per heavy atom. The highest BCUT2D eigenvalue weighted by molar-refractivity contribution is 7.13. The second kappa shape index (κ2) is 10.8. The molecule has 7 nitrogen and oxygen atoms in total. The minimum atomic E-state index is -0.195. The van der Waals surface area contributed by atoms with Crippen LogP contribution in [0.2, 0.25) is 0 Å². The van der Waals surface area contributed by atoms with E-state index in [1.165, 1.54) is 44.5 Å². The molecule has 8 heteroatoms. The smallest absolute Gasteiger partial charge is 0.222 e. The molecule has 0 saturated carbocycles. The van der Waals surface area contributed by atoms with Crippen LogP contribution >= 0.6 is 11.3 Å². The van der Waals surface area contributed by atoms with E-state index in [2.05, 4.69) is 26.9 Å². The zero-order chi connectivity index (χ0) is 21.5. The number of aryl methyl sites for hydroxylation is 1. The molecular formula is C23H32N4O3S.